The van der Waals surface area contributed by atoms with Gasteiger partial charge in [0, 0.05) is 42.6 Å². The van der Waals surface area contributed by atoms with Gasteiger partial charge in [0.1, 0.15) is 18.1 Å². The fourth-order valence-corrected chi connectivity index (χ4v) is 4.87. The highest BCUT2D eigenvalue weighted by atomic mass is 16.7. The van der Waals surface area contributed by atoms with Gasteiger partial charge in [-0.3, -0.25) is 4.79 Å². The molecule has 3 aliphatic rings. The molecular formula is C22H22N4O3. The molecule has 0 N–H and O–H groups in total. The molecule has 2 aliphatic heterocycles. The molecule has 1 spiro atoms. The van der Waals surface area contributed by atoms with Crippen molar-refractivity contribution in [2.24, 2.45) is 5.92 Å². The number of aryl methyl sites for hydroxylation is 1. The number of carbonyl (C=O) groups is 1. The Morgan fingerprint density at radius 3 is 2.76 bits per heavy atom. The van der Waals surface area contributed by atoms with E-state index >= 15 is 0 Å². The van der Waals surface area contributed by atoms with E-state index in [4.69, 9.17) is 9.47 Å². The van der Waals surface area contributed by atoms with Crippen molar-refractivity contribution < 1.29 is 14.3 Å². The molecule has 0 radical (unpaired) electrons. The van der Waals surface area contributed by atoms with Crippen LogP contribution >= 0.6 is 0 Å². The quantitative estimate of drug-likeness (QED) is 0.797. The van der Waals surface area contributed by atoms with Crippen molar-refractivity contribution in [1.82, 2.24) is 14.9 Å². The Labute approximate surface area is 169 Å². The van der Waals surface area contributed by atoms with E-state index in [-0.39, 0.29) is 11.9 Å². The summed E-state index contributed by atoms with van der Waals surface area (Å²) >= 11 is 0. The van der Waals surface area contributed by atoms with Crippen molar-refractivity contribution in [3.63, 3.8) is 0 Å². The summed E-state index contributed by atoms with van der Waals surface area (Å²) in [7, 11) is 0. The standard InChI is InChI=1S/C22H22N4O3/c1-14-18(19(11-23)25-13-24-14)8-20-16-4-2-3-5-17(16)21(27)26(20)12-15-9-22(10-15)28-6-7-29-22/h2-5,13,15,20H,6-10,12H2,1H3. The average molecular weight is 390 g/mol. The Morgan fingerprint density at radius 1 is 1.24 bits per heavy atom. The molecule has 148 valence electrons. The normalized spacial score (nSPS) is 22.6. The maximum atomic E-state index is 13.2. The predicted octanol–water partition coefficient (Wildman–Crippen LogP) is 2.55. The van der Waals surface area contributed by atoms with E-state index in [9.17, 15) is 10.1 Å². The fraction of sp³-hybridized carbons (Fsp3) is 0.455. The highest BCUT2D eigenvalue weighted by Crippen LogP contribution is 2.46. The Bertz CT molecular complexity index is 1000. The van der Waals surface area contributed by atoms with Gasteiger partial charge in [0.05, 0.1) is 19.3 Å². The van der Waals surface area contributed by atoms with E-state index in [2.05, 4.69) is 16.0 Å². The molecule has 1 unspecified atom stereocenters. The van der Waals surface area contributed by atoms with E-state index < -0.39 is 5.79 Å². The van der Waals surface area contributed by atoms with Crippen LogP contribution in [0.2, 0.25) is 0 Å². The lowest BCUT2D eigenvalue weighted by molar-refractivity contribution is -0.232. The molecule has 1 saturated heterocycles. The van der Waals surface area contributed by atoms with E-state index in [0.29, 0.717) is 37.8 Å². The molecule has 29 heavy (non-hydrogen) atoms. The molecule has 7 nitrogen and oxygen atoms in total. The van der Waals surface area contributed by atoms with E-state index in [1.54, 1.807) is 0 Å². The molecule has 3 heterocycles. The SMILES string of the molecule is Cc1ncnc(C#N)c1CC1c2ccccc2C(=O)N1CC1CC2(C1)OCCO2. The molecule has 1 atom stereocenters. The second-order valence-electron chi connectivity index (χ2n) is 8.04. The van der Waals surface area contributed by atoms with Crippen LogP contribution in [0.15, 0.2) is 30.6 Å². The molecule has 1 saturated carbocycles. The van der Waals surface area contributed by atoms with E-state index in [1.165, 1.54) is 6.33 Å². The second-order valence-corrected chi connectivity index (χ2v) is 8.04. The number of benzene rings is 1. The van der Waals surface area contributed by atoms with Crippen molar-refractivity contribution in [1.29, 1.82) is 5.26 Å². The van der Waals surface area contributed by atoms with Gasteiger partial charge in [-0.15, -0.1) is 0 Å². The van der Waals surface area contributed by atoms with Crippen molar-refractivity contribution in [2.75, 3.05) is 19.8 Å². The maximum Gasteiger partial charge on any atom is 0.254 e. The first kappa shape index (κ1) is 18.2. The highest BCUT2D eigenvalue weighted by molar-refractivity contribution is 5.99. The largest absolute Gasteiger partial charge is 0.348 e. The third kappa shape index (κ3) is 3.00. The minimum Gasteiger partial charge on any atom is -0.348 e. The predicted molar refractivity (Wildman–Crippen MR) is 103 cm³/mol. The lowest BCUT2D eigenvalue weighted by atomic mass is 9.78. The maximum absolute atomic E-state index is 13.2. The zero-order valence-corrected chi connectivity index (χ0v) is 16.3. The number of amides is 1. The van der Waals surface area contributed by atoms with Crippen molar-refractivity contribution in [3.8, 4) is 6.07 Å². The lowest BCUT2D eigenvalue weighted by Gasteiger charge is -2.45. The summed E-state index contributed by atoms with van der Waals surface area (Å²) in [6.45, 7) is 3.83. The molecule has 7 heteroatoms. The number of hydrogen-bond donors (Lipinski definition) is 0. The van der Waals surface area contributed by atoms with Gasteiger partial charge in [-0.2, -0.15) is 5.26 Å². The summed E-state index contributed by atoms with van der Waals surface area (Å²) in [5.41, 5.74) is 3.72. The van der Waals surface area contributed by atoms with Crippen LogP contribution in [-0.2, 0) is 15.9 Å². The summed E-state index contributed by atoms with van der Waals surface area (Å²) in [6.07, 6.45) is 3.58. The van der Waals surface area contributed by atoms with Crippen LogP contribution in [0.5, 0.6) is 0 Å². The van der Waals surface area contributed by atoms with Crippen LogP contribution in [0.3, 0.4) is 0 Å². The van der Waals surface area contributed by atoms with Crippen LogP contribution in [0.1, 0.15) is 51.8 Å². The number of fused-ring (bicyclic) bond motifs is 1. The van der Waals surface area contributed by atoms with Crippen LogP contribution in [0.4, 0.5) is 0 Å². The van der Waals surface area contributed by atoms with Crippen molar-refractivity contribution in [3.05, 3.63) is 58.7 Å². The first-order valence-corrected chi connectivity index (χ1v) is 9.98. The molecule has 1 amide bonds. The second kappa shape index (κ2) is 6.90. The van der Waals surface area contributed by atoms with Gasteiger partial charge in [-0.25, -0.2) is 9.97 Å². The third-order valence-electron chi connectivity index (χ3n) is 6.32. The van der Waals surface area contributed by atoms with Crippen LogP contribution in [-0.4, -0.2) is 46.3 Å². The minimum absolute atomic E-state index is 0.0489. The number of rotatable bonds is 4. The van der Waals surface area contributed by atoms with Crippen LogP contribution < -0.4 is 0 Å². The molecule has 1 aliphatic carbocycles. The number of nitrogens with zero attached hydrogens (tertiary/aromatic N) is 4. The van der Waals surface area contributed by atoms with Gasteiger partial charge < -0.3 is 14.4 Å². The smallest absolute Gasteiger partial charge is 0.254 e. The van der Waals surface area contributed by atoms with Gasteiger partial charge in [-0.05, 0) is 24.5 Å². The fourth-order valence-electron chi connectivity index (χ4n) is 4.87. The van der Waals surface area contributed by atoms with Gasteiger partial charge in [0.25, 0.3) is 5.91 Å². The Kier molecular flexibility index (Phi) is 4.34. The highest BCUT2D eigenvalue weighted by Gasteiger charge is 2.51. The zero-order valence-electron chi connectivity index (χ0n) is 16.3. The van der Waals surface area contributed by atoms with Gasteiger partial charge in [-0.1, -0.05) is 18.2 Å². The average Bonchev–Trinajstić information content (AvgIpc) is 3.29. The minimum atomic E-state index is -0.423. The summed E-state index contributed by atoms with van der Waals surface area (Å²) in [4.78, 5) is 23.5. The number of carbonyl (C=O) groups excluding carboxylic acids is 1. The summed E-state index contributed by atoms with van der Waals surface area (Å²) in [5, 5.41) is 9.49. The first-order valence-electron chi connectivity index (χ1n) is 9.98. The molecule has 0 bridgehead atoms. The van der Waals surface area contributed by atoms with Gasteiger partial charge in [0.2, 0.25) is 0 Å². The third-order valence-corrected chi connectivity index (χ3v) is 6.32. The van der Waals surface area contributed by atoms with Crippen molar-refractivity contribution >= 4 is 5.91 Å². The van der Waals surface area contributed by atoms with Crippen molar-refractivity contribution in [2.45, 2.75) is 38.0 Å². The summed E-state index contributed by atoms with van der Waals surface area (Å²) < 4.78 is 11.5. The number of hydrogen-bond acceptors (Lipinski definition) is 6. The molecule has 5 rings (SSSR count). The number of ether oxygens (including phenoxy) is 2. The molecule has 1 aromatic heterocycles. The van der Waals surface area contributed by atoms with Crippen LogP contribution in [0.25, 0.3) is 0 Å². The topological polar surface area (TPSA) is 88.3 Å². The van der Waals surface area contributed by atoms with Gasteiger partial charge >= 0.3 is 0 Å². The zero-order chi connectivity index (χ0) is 20.0. The monoisotopic (exact) mass is 390 g/mol. The Hall–Kier alpha value is -2.82. The van der Waals surface area contributed by atoms with Gasteiger partial charge in [0.15, 0.2) is 5.79 Å². The molecule has 2 fully saturated rings. The number of nitriles is 1. The Balaban J connectivity index is 1.43. The van der Waals surface area contributed by atoms with Crippen LogP contribution in [0, 0.1) is 24.2 Å². The molecule has 2 aromatic rings. The molecular weight excluding hydrogens is 368 g/mol. The molecule has 1 aromatic carbocycles. The Morgan fingerprint density at radius 2 is 2.00 bits per heavy atom. The number of aromatic nitrogens is 2. The first-order chi connectivity index (χ1) is 14.1. The summed E-state index contributed by atoms with van der Waals surface area (Å²) in [6, 6.07) is 9.79. The summed E-state index contributed by atoms with van der Waals surface area (Å²) in [5.74, 6) is -0.0293. The lowest BCUT2D eigenvalue weighted by Crippen LogP contribution is -2.49. The van der Waals surface area contributed by atoms with E-state index in [0.717, 1.165) is 35.2 Å². The van der Waals surface area contributed by atoms with E-state index in [1.807, 2.05) is 36.1 Å².